The Morgan fingerprint density at radius 2 is 1.78 bits per heavy atom. The van der Waals surface area contributed by atoms with Crippen molar-refractivity contribution in [2.45, 2.75) is 58.4 Å². The highest BCUT2D eigenvalue weighted by Crippen LogP contribution is 2.22. The van der Waals surface area contributed by atoms with Gasteiger partial charge in [0.2, 0.25) is 5.89 Å². The molecule has 0 aliphatic carbocycles. The molecule has 4 nitrogen and oxygen atoms in total. The Hall–Kier alpha value is -1.39. The Labute approximate surface area is 145 Å². The zero-order chi connectivity index (χ0) is 16.2. The summed E-state index contributed by atoms with van der Waals surface area (Å²) in [5.41, 5.74) is 2.86. The summed E-state index contributed by atoms with van der Waals surface area (Å²) in [5, 5.41) is 7.21. The van der Waals surface area contributed by atoms with Crippen molar-refractivity contribution in [2.24, 2.45) is 0 Å². The topological polar surface area (TPSA) is 51.0 Å². The number of halogens is 1. The molecule has 0 aliphatic rings. The maximum Gasteiger partial charge on any atom is 0.226 e. The van der Waals surface area contributed by atoms with E-state index < -0.39 is 0 Å². The van der Waals surface area contributed by atoms with Gasteiger partial charge in [0.25, 0.3) is 0 Å². The first kappa shape index (κ1) is 19.7. The van der Waals surface area contributed by atoms with E-state index in [9.17, 15) is 0 Å². The molecule has 0 bridgehead atoms. The quantitative estimate of drug-likeness (QED) is 0.872. The Morgan fingerprint density at radius 1 is 1.13 bits per heavy atom. The molecule has 1 N–H and O–H groups in total. The summed E-state index contributed by atoms with van der Waals surface area (Å²) in [6.45, 7) is 8.79. The van der Waals surface area contributed by atoms with Gasteiger partial charge in [-0.25, -0.2) is 0 Å². The molecule has 0 saturated heterocycles. The van der Waals surface area contributed by atoms with Crippen molar-refractivity contribution in [3.63, 3.8) is 0 Å². The van der Waals surface area contributed by atoms with E-state index >= 15 is 0 Å². The molecular formula is C18H28ClN3O. The molecule has 0 fully saturated rings. The standard InChI is InChI=1S/C18H27N3O.ClH/c1-13(19-5)12-16-20-17(22-21-16)11-8-14-6-9-15(10-7-14)18(2,3)4;/h6-7,9-10,13,19H,8,11-12H2,1-5H3;1H. The van der Waals surface area contributed by atoms with E-state index in [1.54, 1.807) is 0 Å². The second-order valence-corrected chi connectivity index (χ2v) is 6.95. The Kier molecular flexibility index (Phi) is 7.23. The Morgan fingerprint density at radius 3 is 2.35 bits per heavy atom. The fourth-order valence-electron chi connectivity index (χ4n) is 2.27. The predicted octanol–water partition coefficient (Wildman–Crippen LogP) is 3.72. The van der Waals surface area contributed by atoms with Crippen LogP contribution in [-0.2, 0) is 24.7 Å². The van der Waals surface area contributed by atoms with Gasteiger partial charge in [0.1, 0.15) is 0 Å². The molecule has 2 aromatic rings. The molecule has 1 heterocycles. The molecular weight excluding hydrogens is 310 g/mol. The van der Waals surface area contributed by atoms with Crippen LogP contribution in [0.25, 0.3) is 0 Å². The largest absolute Gasteiger partial charge is 0.339 e. The summed E-state index contributed by atoms with van der Waals surface area (Å²) >= 11 is 0. The lowest BCUT2D eigenvalue weighted by Gasteiger charge is -2.19. The maximum absolute atomic E-state index is 5.32. The van der Waals surface area contributed by atoms with Crippen molar-refractivity contribution in [3.8, 4) is 0 Å². The van der Waals surface area contributed by atoms with Gasteiger partial charge in [-0.2, -0.15) is 4.98 Å². The third-order valence-corrected chi connectivity index (χ3v) is 3.94. The van der Waals surface area contributed by atoms with Gasteiger partial charge in [-0.15, -0.1) is 12.4 Å². The number of aromatic nitrogens is 2. The average molecular weight is 338 g/mol. The van der Waals surface area contributed by atoms with E-state index in [0.29, 0.717) is 6.04 Å². The number of hydrogen-bond donors (Lipinski definition) is 1. The van der Waals surface area contributed by atoms with Crippen molar-refractivity contribution < 1.29 is 4.52 Å². The number of likely N-dealkylation sites (N-methyl/N-ethyl adjacent to an activating group) is 1. The van der Waals surface area contributed by atoms with Gasteiger partial charge in [0.15, 0.2) is 5.82 Å². The number of hydrogen-bond acceptors (Lipinski definition) is 4. The van der Waals surface area contributed by atoms with Gasteiger partial charge < -0.3 is 9.84 Å². The summed E-state index contributed by atoms with van der Waals surface area (Å²) < 4.78 is 5.32. The molecule has 0 saturated carbocycles. The summed E-state index contributed by atoms with van der Waals surface area (Å²) in [5.74, 6) is 1.50. The SMILES string of the molecule is CNC(C)Cc1noc(CCc2ccc(C(C)(C)C)cc2)n1.Cl. The zero-order valence-electron chi connectivity index (χ0n) is 14.7. The van der Waals surface area contributed by atoms with Gasteiger partial charge in [-0.3, -0.25) is 0 Å². The predicted molar refractivity (Wildman–Crippen MR) is 96.3 cm³/mol. The van der Waals surface area contributed by atoms with E-state index in [0.717, 1.165) is 31.0 Å². The first-order valence-corrected chi connectivity index (χ1v) is 7.96. The lowest BCUT2D eigenvalue weighted by atomic mass is 9.86. The highest BCUT2D eigenvalue weighted by molar-refractivity contribution is 5.85. The number of aryl methyl sites for hydroxylation is 2. The summed E-state index contributed by atoms with van der Waals surface area (Å²) in [6, 6.07) is 9.17. The van der Waals surface area contributed by atoms with Gasteiger partial charge in [0.05, 0.1) is 0 Å². The average Bonchev–Trinajstić information content (AvgIpc) is 2.92. The minimum absolute atomic E-state index is 0. The van der Waals surface area contributed by atoms with Crippen LogP contribution in [0.5, 0.6) is 0 Å². The Bertz CT molecular complexity index is 587. The Balaban J connectivity index is 0.00000264. The lowest BCUT2D eigenvalue weighted by Crippen LogP contribution is -2.24. The van der Waals surface area contributed by atoms with Crippen molar-refractivity contribution in [1.82, 2.24) is 15.5 Å². The molecule has 0 aliphatic heterocycles. The number of nitrogens with zero attached hydrogens (tertiary/aromatic N) is 2. The van der Waals surface area contributed by atoms with Crippen LogP contribution in [0.2, 0.25) is 0 Å². The normalized spacial score (nSPS) is 12.7. The van der Waals surface area contributed by atoms with E-state index in [1.165, 1.54) is 11.1 Å². The van der Waals surface area contributed by atoms with Crippen LogP contribution in [0.3, 0.4) is 0 Å². The van der Waals surface area contributed by atoms with Crippen LogP contribution in [-0.4, -0.2) is 23.2 Å². The lowest BCUT2D eigenvalue weighted by molar-refractivity contribution is 0.371. The molecule has 1 atom stereocenters. The molecule has 128 valence electrons. The van der Waals surface area contributed by atoms with Crippen molar-refractivity contribution in [1.29, 1.82) is 0 Å². The first-order valence-electron chi connectivity index (χ1n) is 7.96. The third-order valence-electron chi connectivity index (χ3n) is 3.94. The van der Waals surface area contributed by atoms with Crippen molar-refractivity contribution in [3.05, 3.63) is 47.1 Å². The molecule has 0 spiro atoms. The molecule has 0 radical (unpaired) electrons. The van der Waals surface area contributed by atoms with Crippen LogP contribution < -0.4 is 5.32 Å². The smallest absolute Gasteiger partial charge is 0.226 e. The highest BCUT2D eigenvalue weighted by Gasteiger charge is 2.13. The fourth-order valence-corrected chi connectivity index (χ4v) is 2.27. The fraction of sp³-hybridized carbons (Fsp3) is 0.556. The molecule has 23 heavy (non-hydrogen) atoms. The molecule has 1 aromatic carbocycles. The van der Waals surface area contributed by atoms with Crippen LogP contribution in [0.4, 0.5) is 0 Å². The molecule has 5 heteroatoms. The van der Waals surface area contributed by atoms with Gasteiger partial charge in [-0.1, -0.05) is 50.2 Å². The molecule has 1 unspecified atom stereocenters. The van der Waals surface area contributed by atoms with Crippen molar-refractivity contribution >= 4 is 12.4 Å². The molecule has 0 amide bonds. The van der Waals surface area contributed by atoms with E-state index in [2.05, 4.69) is 67.4 Å². The van der Waals surface area contributed by atoms with Crippen LogP contribution in [0.15, 0.2) is 28.8 Å². The van der Waals surface area contributed by atoms with Gasteiger partial charge in [0, 0.05) is 18.9 Å². The van der Waals surface area contributed by atoms with E-state index in [4.69, 9.17) is 4.52 Å². The second-order valence-electron chi connectivity index (χ2n) is 6.95. The van der Waals surface area contributed by atoms with Crippen molar-refractivity contribution in [2.75, 3.05) is 7.05 Å². The third kappa shape index (κ3) is 5.96. The van der Waals surface area contributed by atoms with Gasteiger partial charge in [-0.05, 0) is 36.9 Å². The van der Waals surface area contributed by atoms with Gasteiger partial charge >= 0.3 is 0 Å². The number of benzene rings is 1. The minimum Gasteiger partial charge on any atom is -0.339 e. The summed E-state index contributed by atoms with van der Waals surface area (Å²) in [7, 11) is 1.94. The van der Waals surface area contributed by atoms with Crippen LogP contribution in [0, 0.1) is 0 Å². The summed E-state index contributed by atoms with van der Waals surface area (Å²) in [6.07, 6.45) is 2.50. The summed E-state index contributed by atoms with van der Waals surface area (Å²) in [4.78, 5) is 4.45. The highest BCUT2D eigenvalue weighted by atomic mass is 35.5. The molecule has 2 rings (SSSR count). The number of rotatable bonds is 6. The van der Waals surface area contributed by atoms with E-state index in [-0.39, 0.29) is 17.8 Å². The maximum atomic E-state index is 5.32. The van der Waals surface area contributed by atoms with Crippen LogP contribution in [0.1, 0.15) is 50.5 Å². The monoisotopic (exact) mass is 337 g/mol. The second kappa shape index (κ2) is 8.46. The zero-order valence-corrected chi connectivity index (χ0v) is 15.5. The molecule has 1 aromatic heterocycles. The van der Waals surface area contributed by atoms with E-state index in [1.807, 2.05) is 7.05 Å². The first-order chi connectivity index (χ1) is 10.4. The number of nitrogens with one attached hydrogen (secondary N) is 1. The minimum atomic E-state index is 0. The van der Waals surface area contributed by atoms with Crippen LogP contribution >= 0.6 is 12.4 Å².